The number of thiazole rings is 1. The van der Waals surface area contributed by atoms with Crippen LogP contribution in [0.15, 0.2) is 15.7 Å². The van der Waals surface area contributed by atoms with E-state index in [0.717, 1.165) is 37.0 Å². The Morgan fingerprint density at radius 3 is 2.92 bits per heavy atom. The zero-order valence-electron chi connectivity index (χ0n) is 21.8. The minimum absolute atomic E-state index is 0.00208. The van der Waals surface area contributed by atoms with Gasteiger partial charge in [0, 0.05) is 30.0 Å². The molecule has 2 saturated heterocycles. The number of rotatable bonds is 15. The number of amides is 3. The van der Waals surface area contributed by atoms with E-state index in [4.69, 9.17) is 4.84 Å². The van der Waals surface area contributed by atoms with Gasteiger partial charge in [0.25, 0.3) is 5.91 Å². The summed E-state index contributed by atoms with van der Waals surface area (Å²) >= 11 is 3.66. The summed E-state index contributed by atoms with van der Waals surface area (Å²) in [6, 6.07) is -0.861. The Balaban J connectivity index is 1.37. The number of fused-ring (bicyclic) bond motifs is 1. The Morgan fingerprint density at radius 2 is 2.20 bits per heavy atom. The SMILES string of the molecule is CCCCCCn1nnnc1SCC1(C(=O)O)CS[C@@H]2C(NC(=O)C(=NOC)c3csc(NC=O)n3)C(=O)N2C1. The average molecular weight is 612 g/mol. The standard InChI is InChI=1S/C22H29N9O6S3/c1-3-4-5-6-7-31-21(26-28-29-31)40-11-22(19(35)36)9-30-17(34)15(18(30)39-10-22)25-16(33)14(27-37-2)13-8-38-20(24-13)23-12-32/h8,12,15,18H,3-7,9-11H2,1-2H3,(H,25,33)(H,35,36)(H,23,24,32)/t15?,18-,22?/m1/s1. The fourth-order valence-electron chi connectivity index (χ4n) is 4.24. The molecule has 216 valence electrons. The number of carboxylic acid groups (broad SMARTS) is 1. The van der Waals surface area contributed by atoms with Gasteiger partial charge in [-0.05, 0) is 16.8 Å². The second-order valence-electron chi connectivity index (χ2n) is 9.16. The number of thioether (sulfide) groups is 2. The van der Waals surface area contributed by atoms with Gasteiger partial charge in [-0.25, -0.2) is 9.67 Å². The quantitative estimate of drug-likeness (QED) is 0.0644. The number of tetrazole rings is 1. The van der Waals surface area contributed by atoms with Crippen LogP contribution in [-0.2, 0) is 30.6 Å². The van der Waals surface area contributed by atoms with Crippen LogP contribution in [0.3, 0.4) is 0 Å². The highest BCUT2D eigenvalue weighted by Gasteiger charge is 2.57. The van der Waals surface area contributed by atoms with Gasteiger partial charge in [0.05, 0.1) is 0 Å². The van der Waals surface area contributed by atoms with E-state index in [1.54, 1.807) is 4.68 Å². The zero-order valence-corrected chi connectivity index (χ0v) is 24.3. The first-order chi connectivity index (χ1) is 19.3. The molecular weight excluding hydrogens is 583 g/mol. The molecule has 2 aromatic rings. The van der Waals surface area contributed by atoms with Crippen molar-refractivity contribution in [1.29, 1.82) is 0 Å². The van der Waals surface area contributed by atoms with Crippen LogP contribution in [0, 0.1) is 5.41 Å². The zero-order chi connectivity index (χ0) is 28.7. The van der Waals surface area contributed by atoms with E-state index in [1.807, 2.05) is 0 Å². The molecule has 15 nitrogen and oxygen atoms in total. The summed E-state index contributed by atoms with van der Waals surface area (Å²) < 4.78 is 1.69. The van der Waals surface area contributed by atoms with Crippen molar-refractivity contribution in [3.05, 3.63) is 11.1 Å². The number of carbonyl (C=O) groups excluding carboxylic acids is 3. The largest absolute Gasteiger partial charge is 0.481 e. The smallest absolute Gasteiger partial charge is 0.313 e. The van der Waals surface area contributed by atoms with Crippen LogP contribution < -0.4 is 10.6 Å². The lowest BCUT2D eigenvalue weighted by atomic mass is 9.89. The second kappa shape index (κ2) is 13.4. The molecule has 2 unspecified atom stereocenters. The molecule has 4 heterocycles. The lowest BCUT2D eigenvalue weighted by Gasteiger charge is -2.53. The Bertz CT molecular complexity index is 1270. The normalized spacial score (nSPS) is 22.3. The number of hydrogen-bond donors (Lipinski definition) is 3. The molecule has 0 aliphatic carbocycles. The molecule has 18 heteroatoms. The number of carboxylic acids is 1. The maximum absolute atomic E-state index is 13.0. The van der Waals surface area contributed by atoms with Crippen LogP contribution in [0.1, 0.15) is 38.3 Å². The Morgan fingerprint density at radius 1 is 1.38 bits per heavy atom. The molecule has 3 N–H and O–H groups in total. The van der Waals surface area contributed by atoms with E-state index in [0.29, 0.717) is 18.1 Å². The maximum atomic E-state index is 13.0. The fraction of sp³-hybridized carbons (Fsp3) is 0.591. The number of aliphatic carboxylic acids is 1. The topological polar surface area (TPSA) is 194 Å². The number of anilines is 1. The minimum atomic E-state index is -1.21. The van der Waals surface area contributed by atoms with Gasteiger partial charge in [0.15, 0.2) is 10.8 Å². The number of aryl methyl sites for hydroxylation is 1. The van der Waals surface area contributed by atoms with Crippen LogP contribution in [0.25, 0.3) is 0 Å². The predicted molar refractivity (Wildman–Crippen MR) is 148 cm³/mol. The van der Waals surface area contributed by atoms with E-state index >= 15 is 0 Å². The van der Waals surface area contributed by atoms with Crippen LogP contribution in [0.2, 0.25) is 0 Å². The van der Waals surface area contributed by atoms with E-state index in [2.05, 4.69) is 43.2 Å². The van der Waals surface area contributed by atoms with Crippen molar-refractivity contribution in [2.75, 3.05) is 30.5 Å². The lowest BCUT2D eigenvalue weighted by Crippen LogP contribution is -2.74. The first-order valence-corrected chi connectivity index (χ1v) is 15.4. The van der Waals surface area contributed by atoms with Crippen LogP contribution in [-0.4, -0.2) is 102 Å². The van der Waals surface area contributed by atoms with Crippen molar-refractivity contribution in [2.24, 2.45) is 10.6 Å². The average Bonchev–Trinajstić information content (AvgIpc) is 3.60. The highest BCUT2D eigenvalue weighted by Crippen LogP contribution is 2.44. The van der Waals surface area contributed by atoms with Crippen molar-refractivity contribution in [3.63, 3.8) is 0 Å². The van der Waals surface area contributed by atoms with Crippen molar-refractivity contribution in [1.82, 2.24) is 35.4 Å². The van der Waals surface area contributed by atoms with Gasteiger partial charge in [-0.3, -0.25) is 19.2 Å². The predicted octanol–water partition coefficient (Wildman–Crippen LogP) is 0.892. The van der Waals surface area contributed by atoms with Gasteiger partial charge < -0.3 is 25.5 Å². The highest BCUT2D eigenvalue weighted by molar-refractivity contribution is 8.00. The van der Waals surface area contributed by atoms with Crippen molar-refractivity contribution >= 4 is 69.9 Å². The highest BCUT2D eigenvalue weighted by atomic mass is 32.2. The fourth-order valence-corrected chi connectivity index (χ4v) is 7.66. The number of oxime groups is 1. The molecule has 2 aromatic heterocycles. The number of nitrogens with one attached hydrogen (secondary N) is 2. The van der Waals surface area contributed by atoms with Crippen LogP contribution >= 0.6 is 34.9 Å². The van der Waals surface area contributed by atoms with Crippen LogP contribution in [0.5, 0.6) is 0 Å². The summed E-state index contributed by atoms with van der Waals surface area (Å²) in [7, 11) is 1.27. The number of unbranched alkanes of at least 4 members (excludes halogenated alkanes) is 3. The van der Waals surface area contributed by atoms with E-state index in [9.17, 15) is 24.3 Å². The van der Waals surface area contributed by atoms with Crippen molar-refractivity contribution < 1.29 is 29.1 Å². The third-order valence-electron chi connectivity index (χ3n) is 6.41. The maximum Gasteiger partial charge on any atom is 0.313 e. The van der Waals surface area contributed by atoms with E-state index < -0.39 is 28.7 Å². The molecule has 3 atom stereocenters. The minimum Gasteiger partial charge on any atom is -0.481 e. The molecule has 40 heavy (non-hydrogen) atoms. The van der Waals surface area contributed by atoms with Gasteiger partial charge in [-0.2, -0.15) is 0 Å². The molecule has 0 spiro atoms. The molecule has 2 fully saturated rings. The Labute approximate surface area is 241 Å². The molecule has 0 saturated carbocycles. The van der Waals surface area contributed by atoms with Gasteiger partial charge in [0.2, 0.25) is 17.5 Å². The molecule has 0 bridgehead atoms. The lowest BCUT2D eigenvalue weighted by molar-refractivity contribution is -0.157. The molecule has 4 rings (SSSR count). The van der Waals surface area contributed by atoms with E-state index in [1.165, 1.54) is 40.9 Å². The molecule has 2 aliphatic heterocycles. The second-order valence-corrected chi connectivity index (χ2v) is 12.1. The summed E-state index contributed by atoms with van der Waals surface area (Å²) in [6.07, 6.45) is 4.70. The first kappa shape index (κ1) is 29.7. The molecule has 0 aromatic carbocycles. The number of hydrogen-bond acceptors (Lipinski definition) is 13. The number of aromatic nitrogens is 5. The molecule has 2 aliphatic rings. The summed E-state index contributed by atoms with van der Waals surface area (Å²) in [5.41, 5.74) is -1.20. The van der Waals surface area contributed by atoms with Gasteiger partial charge >= 0.3 is 5.97 Å². The number of carbonyl (C=O) groups is 4. The summed E-state index contributed by atoms with van der Waals surface area (Å²) in [5, 5.41) is 32.7. The third-order valence-corrected chi connectivity index (χ3v) is 10.0. The van der Waals surface area contributed by atoms with Crippen molar-refractivity contribution in [3.8, 4) is 0 Å². The Hall–Kier alpha value is -3.25. The van der Waals surface area contributed by atoms with Crippen LogP contribution in [0.4, 0.5) is 5.13 Å². The van der Waals surface area contributed by atoms with Gasteiger partial charge in [0.1, 0.15) is 29.6 Å². The molecule has 3 amide bonds. The summed E-state index contributed by atoms with van der Waals surface area (Å²) in [4.78, 5) is 59.5. The Kier molecular flexibility index (Phi) is 9.96. The molecule has 0 radical (unpaired) electrons. The van der Waals surface area contributed by atoms with Gasteiger partial charge in [-0.15, -0.1) is 28.2 Å². The molecular formula is C22H29N9O6S3. The number of nitrogens with zero attached hydrogens (tertiary/aromatic N) is 7. The van der Waals surface area contributed by atoms with Gasteiger partial charge in [-0.1, -0.05) is 43.1 Å². The monoisotopic (exact) mass is 611 g/mol. The van der Waals surface area contributed by atoms with Crippen molar-refractivity contribution in [2.45, 2.75) is 55.7 Å². The number of β-lactam (4-membered cyclic amide) rings is 1. The first-order valence-electron chi connectivity index (χ1n) is 12.5. The third kappa shape index (κ3) is 6.38. The summed E-state index contributed by atoms with van der Waals surface area (Å²) in [6.45, 7) is 2.79. The summed E-state index contributed by atoms with van der Waals surface area (Å²) in [5.74, 6) is -1.66. The van der Waals surface area contributed by atoms with E-state index in [-0.39, 0.29) is 40.5 Å².